The maximum Gasteiger partial charge on any atom is 0.146 e. The highest BCUT2D eigenvalue weighted by atomic mass is 19.1. The van der Waals surface area contributed by atoms with Crippen LogP contribution in [0, 0.1) is 17.1 Å². The molecular weight excluding hydrogens is 339 g/mol. The van der Waals surface area contributed by atoms with Crippen molar-refractivity contribution in [2.45, 2.75) is 12.8 Å². The standard InChI is InChI=1S/C22H23FN4/c23-20-5-1-2-6-22(20)27-12-10-26(11-13-27)9-3-4-18-16-25-21-8-7-17(15-24)14-19(18)21/h1-2,5-8,14,16,25H,3-4,9-13H2. The van der Waals surface area contributed by atoms with Gasteiger partial charge in [0.1, 0.15) is 5.82 Å². The van der Waals surface area contributed by atoms with Crippen molar-refractivity contribution in [2.75, 3.05) is 37.6 Å². The lowest BCUT2D eigenvalue weighted by atomic mass is 10.1. The Labute approximate surface area is 158 Å². The van der Waals surface area contributed by atoms with Crippen LogP contribution in [0.25, 0.3) is 10.9 Å². The van der Waals surface area contributed by atoms with Gasteiger partial charge in [0.05, 0.1) is 17.3 Å². The topological polar surface area (TPSA) is 46.1 Å². The van der Waals surface area contributed by atoms with Gasteiger partial charge in [-0.3, -0.25) is 4.90 Å². The van der Waals surface area contributed by atoms with Gasteiger partial charge in [-0.2, -0.15) is 5.26 Å². The van der Waals surface area contributed by atoms with Gasteiger partial charge in [-0.05, 0) is 55.3 Å². The minimum absolute atomic E-state index is 0.137. The van der Waals surface area contributed by atoms with Crippen LogP contribution in [0.1, 0.15) is 17.5 Å². The van der Waals surface area contributed by atoms with Crippen LogP contribution in [0.4, 0.5) is 10.1 Å². The molecule has 3 aromatic rings. The molecule has 0 bridgehead atoms. The van der Waals surface area contributed by atoms with E-state index in [2.05, 4.69) is 27.0 Å². The van der Waals surface area contributed by atoms with E-state index in [9.17, 15) is 4.39 Å². The summed E-state index contributed by atoms with van der Waals surface area (Å²) in [6.07, 6.45) is 4.12. The molecule has 1 aromatic heterocycles. The molecule has 1 aliphatic rings. The number of anilines is 1. The number of piperazine rings is 1. The number of benzene rings is 2. The van der Waals surface area contributed by atoms with Gasteiger partial charge in [0.25, 0.3) is 0 Å². The van der Waals surface area contributed by atoms with Gasteiger partial charge < -0.3 is 9.88 Å². The van der Waals surface area contributed by atoms with Crippen LogP contribution in [0.2, 0.25) is 0 Å². The molecule has 0 spiro atoms. The van der Waals surface area contributed by atoms with E-state index in [1.165, 1.54) is 11.6 Å². The van der Waals surface area contributed by atoms with E-state index in [0.717, 1.165) is 56.5 Å². The fraction of sp³-hybridized carbons (Fsp3) is 0.318. The number of hydrogen-bond donors (Lipinski definition) is 1. The van der Waals surface area contributed by atoms with Crippen molar-refractivity contribution in [3.63, 3.8) is 0 Å². The molecule has 2 aromatic carbocycles. The van der Waals surface area contributed by atoms with E-state index in [0.29, 0.717) is 11.3 Å². The van der Waals surface area contributed by atoms with Crippen molar-refractivity contribution in [3.05, 3.63) is 65.6 Å². The molecule has 0 radical (unpaired) electrons. The highest BCUT2D eigenvalue weighted by Crippen LogP contribution is 2.22. The predicted octanol–water partition coefficient (Wildman–Crippen LogP) is 3.93. The number of halogens is 1. The van der Waals surface area contributed by atoms with Crippen LogP contribution in [-0.4, -0.2) is 42.6 Å². The Kier molecular flexibility index (Phi) is 5.08. The smallest absolute Gasteiger partial charge is 0.146 e. The normalized spacial score (nSPS) is 15.2. The highest BCUT2D eigenvalue weighted by molar-refractivity contribution is 5.84. The maximum atomic E-state index is 13.9. The summed E-state index contributed by atoms with van der Waals surface area (Å²) in [5.41, 5.74) is 3.77. The average Bonchev–Trinajstić information content (AvgIpc) is 3.11. The zero-order valence-corrected chi connectivity index (χ0v) is 15.3. The zero-order chi connectivity index (χ0) is 18.6. The van der Waals surface area contributed by atoms with Crippen LogP contribution in [0.15, 0.2) is 48.7 Å². The summed E-state index contributed by atoms with van der Waals surface area (Å²) < 4.78 is 13.9. The Morgan fingerprint density at radius 2 is 1.89 bits per heavy atom. The minimum Gasteiger partial charge on any atom is -0.367 e. The van der Waals surface area contributed by atoms with E-state index < -0.39 is 0 Å². The molecule has 0 aliphatic carbocycles. The first-order chi connectivity index (χ1) is 13.2. The number of aromatic amines is 1. The SMILES string of the molecule is N#Cc1ccc2[nH]cc(CCCN3CCN(c4ccccc4F)CC3)c2c1. The number of H-pyrrole nitrogens is 1. The Morgan fingerprint density at radius 1 is 1.07 bits per heavy atom. The number of rotatable bonds is 5. The van der Waals surface area contributed by atoms with Crippen molar-refractivity contribution < 1.29 is 4.39 Å². The molecule has 0 saturated carbocycles. The molecule has 5 heteroatoms. The van der Waals surface area contributed by atoms with Gasteiger partial charge in [-0.25, -0.2) is 4.39 Å². The Morgan fingerprint density at radius 3 is 2.67 bits per heavy atom. The van der Waals surface area contributed by atoms with Crippen molar-refractivity contribution in [2.24, 2.45) is 0 Å². The number of aryl methyl sites for hydroxylation is 1. The number of aromatic nitrogens is 1. The monoisotopic (exact) mass is 362 g/mol. The quantitative estimate of drug-likeness (QED) is 0.748. The number of fused-ring (bicyclic) bond motifs is 1. The van der Waals surface area contributed by atoms with Crippen molar-refractivity contribution in [1.82, 2.24) is 9.88 Å². The first-order valence-corrected chi connectivity index (χ1v) is 9.46. The molecule has 1 N–H and O–H groups in total. The van der Waals surface area contributed by atoms with Crippen LogP contribution in [-0.2, 0) is 6.42 Å². The summed E-state index contributed by atoms with van der Waals surface area (Å²) in [6.45, 7) is 4.68. The lowest BCUT2D eigenvalue weighted by Crippen LogP contribution is -2.47. The Balaban J connectivity index is 1.30. The maximum absolute atomic E-state index is 13.9. The van der Waals surface area contributed by atoms with E-state index >= 15 is 0 Å². The fourth-order valence-electron chi connectivity index (χ4n) is 3.87. The van der Waals surface area contributed by atoms with E-state index in [1.807, 2.05) is 30.3 Å². The van der Waals surface area contributed by atoms with Crippen molar-refractivity contribution >= 4 is 16.6 Å². The summed E-state index contributed by atoms with van der Waals surface area (Å²) >= 11 is 0. The van der Waals surface area contributed by atoms with Gasteiger partial charge in [-0.1, -0.05) is 12.1 Å². The third-order valence-corrected chi connectivity index (χ3v) is 5.38. The summed E-state index contributed by atoms with van der Waals surface area (Å²) in [4.78, 5) is 7.88. The summed E-state index contributed by atoms with van der Waals surface area (Å²) in [6, 6.07) is 15.0. The first kappa shape index (κ1) is 17.6. The molecule has 27 heavy (non-hydrogen) atoms. The van der Waals surface area contributed by atoms with E-state index in [-0.39, 0.29) is 5.82 Å². The summed E-state index contributed by atoms with van der Waals surface area (Å²) in [5.74, 6) is -0.137. The molecule has 0 unspecified atom stereocenters. The van der Waals surface area contributed by atoms with E-state index in [4.69, 9.17) is 5.26 Å². The Bertz CT molecular complexity index is 964. The number of nitriles is 1. The molecule has 4 nitrogen and oxygen atoms in total. The first-order valence-electron chi connectivity index (χ1n) is 9.46. The van der Waals surface area contributed by atoms with Gasteiger partial charge in [0.15, 0.2) is 0 Å². The second-order valence-electron chi connectivity index (χ2n) is 7.07. The third-order valence-electron chi connectivity index (χ3n) is 5.38. The molecule has 2 heterocycles. The molecule has 138 valence electrons. The van der Waals surface area contributed by atoms with Crippen LogP contribution in [0.5, 0.6) is 0 Å². The van der Waals surface area contributed by atoms with Gasteiger partial charge in [-0.15, -0.1) is 0 Å². The zero-order valence-electron chi connectivity index (χ0n) is 15.3. The molecular formula is C22H23FN4. The minimum atomic E-state index is -0.137. The highest BCUT2D eigenvalue weighted by Gasteiger charge is 2.19. The van der Waals surface area contributed by atoms with Gasteiger partial charge in [0, 0.05) is 43.3 Å². The average molecular weight is 362 g/mol. The van der Waals surface area contributed by atoms with Crippen LogP contribution < -0.4 is 4.90 Å². The second-order valence-corrected chi connectivity index (χ2v) is 7.07. The van der Waals surface area contributed by atoms with Crippen molar-refractivity contribution in [1.29, 1.82) is 5.26 Å². The largest absolute Gasteiger partial charge is 0.367 e. The lowest BCUT2D eigenvalue weighted by Gasteiger charge is -2.36. The lowest BCUT2D eigenvalue weighted by molar-refractivity contribution is 0.254. The van der Waals surface area contributed by atoms with Gasteiger partial charge >= 0.3 is 0 Å². The van der Waals surface area contributed by atoms with Crippen LogP contribution >= 0.6 is 0 Å². The molecule has 1 fully saturated rings. The number of para-hydroxylation sites is 1. The van der Waals surface area contributed by atoms with E-state index in [1.54, 1.807) is 6.07 Å². The van der Waals surface area contributed by atoms with Crippen molar-refractivity contribution in [3.8, 4) is 6.07 Å². The number of nitrogens with zero attached hydrogens (tertiary/aromatic N) is 3. The predicted molar refractivity (Wildman–Crippen MR) is 106 cm³/mol. The molecule has 1 aliphatic heterocycles. The fourth-order valence-corrected chi connectivity index (χ4v) is 3.87. The summed E-state index contributed by atoms with van der Waals surface area (Å²) in [5, 5.41) is 10.2. The molecule has 0 amide bonds. The molecule has 4 rings (SSSR count). The number of nitrogens with one attached hydrogen (secondary N) is 1. The third kappa shape index (κ3) is 3.81. The summed E-state index contributed by atoms with van der Waals surface area (Å²) in [7, 11) is 0. The second kappa shape index (κ2) is 7.81. The van der Waals surface area contributed by atoms with Gasteiger partial charge in [0.2, 0.25) is 0 Å². The van der Waals surface area contributed by atoms with Crippen LogP contribution in [0.3, 0.4) is 0 Å². The number of hydrogen-bond acceptors (Lipinski definition) is 3. The Hall–Kier alpha value is -2.84. The molecule has 0 atom stereocenters. The molecule has 1 saturated heterocycles.